The number of aromatic nitrogens is 1. The van der Waals surface area contributed by atoms with E-state index in [-0.39, 0.29) is 11.4 Å². The fourth-order valence-corrected chi connectivity index (χ4v) is 3.48. The molecule has 0 radical (unpaired) electrons. The van der Waals surface area contributed by atoms with Crippen LogP contribution in [0.5, 0.6) is 0 Å². The van der Waals surface area contributed by atoms with Crippen LogP contribution >= 0.6 is 0 Å². The van der Waals surface area contributed by atoms with Crippen LogP contribution < -0.4 is 0 Å². The maximum Gasteiger partial charge on any atom is 0.306 e. The normalized spacial score (nSPS) is 22.3. The second kappa shape index (κ2) is 4.97. The van der Waals surface area contributed by atoms with Crippen molar-refractivity contribution in [3.63, 3.8) is 0 Å². The lowest BCUT2D eigenvalue weighted by molar-refractivity contribution is -0.142. The van der Waals surface area contributed by atoms with Crippen molar-refractivity contribution in [1.82, 2.24) is 4.98 Å². The number of hydrogen-bond donors (Lipinski definition) is 1. The Balaban J connectivity index is 2.13. The molecule has 3 heteroatoms. The van der Waals surface area contributed by atoms with Gasteiger partial charge in [0.15, 0.2) is 0 Å². The van der Waals surface area contributed by atoms with E-state index >= 15 is 0 Å². The molecule has 1 heterocycles. The van der Waals surface area contributed by atoms with Gasteiger partial charge in [-0.1, -0.05) is 31.5 Å². The van der Waals surface area contributed by atoms with Gasteiger partial charge in [0.2, 0.25) is 0 Å². The number of fused-ring (bicyclic) bond motifs is 3. The third-order valence-electron chi connectivity index (χ3n) is 4.58. The van der Waals surface area contributed by atoms with Gasteiger partial charge in [0.05, 0.1) is 13.5 Å². The highest BCUT2D eigenvalue weighted by molar-refractivity contribution is 5.85. The van der Waals surface area contributed by atoms with Crippen LogP contribution in [0.1, 0.15) is 43.9 Å². The number of aryl methyl sites for hydroxylation is 1. The molecule has 3 rings (SSSR count). The zero-order chi connectivity index (χ0) is 14.2. The van der Waals surface area contributed by atoms with E-state index in [1.807, 2.05) is 0 Å². The molecule has 1 aliphatic rings. The molecule has 1 atom stereocenters. The molecule has 0 saturated heterocycles. The minimum absolute atomic E-state index is 0.126. The van der Waals surface area contributed by atoms with Crippen LogP contribution in [0, 0.1) is 0 Å². The Kier molecular flexibility index (Phi) is 3.28. The molecule has 1 aliphatic carbocycles. The molecule has 20 heavy (non-hydrogen) atoms. The molecular weight excluding hydrogens is 250 g/mol. The Morgan fingerprint density at radius 2 is 2.15 bits per heavy atom. The number of carbonyl (C=O) groups is 1. The molecule has 0 aliphatic heterocycles. The van der Waals surface area contributed by atoms with E-state index in [1.165, 1.54) is 35.7 Å². The van der Waals surface area contributed by atoms with Crippen LogP contribution in [0.15, 0.2) is 24.3 Å². The number of rotatable bonds is 2. The van der Waals surface area contributed by atoms with Crippen LogP contribution in [0.3, 0.4) is 0 Å². The van der Waals surface area contributed by atoms with E-state index in [1.54, 1.807) is 0 Å². The lowest BCUT2D eigenvalue weighted by Gasteiger charge is -2.27. The predicted octanol–water partition coefficient (Wildman–Crippen LogP) is 3.72. The van der Waals surface area contributed by atoms with E-state index in [0.717, 1.165) is 19.3 Å². The third-order valence-corrected chi connectivity index (χ3v) is 4.58. The molecule has 106 valence electrons. The number of ether oxygens (including phenoxy) is 1. The first-order valence-corrected chi connectivity index (χ1v) is 7.31. The fraction of sp³-hybridized carbons (Fsp3) is 0.471. The molecule has 1 unspecified atom stereocenters. The number of para-hydroxylation sites is 1. The Morgan fingerprint density at radius 3 is 2.95 bits per heavy atom. The first kappa shape index (κ1) is 13.2. The van der Waals surface area contributed by atoms with E-state index < -0.39 is 0 Å². The van der Waals surface area contributed by atoms with Gasteiger partial charge in [-0.15, -0.1) is 0 Å². The number of methoxy groups -OCH3 is 1. The number of carbonyl (C=O) groups excluding carboxylic acids is 1. The number of benzene rings is 1. The predicted molar refractivity (Wildman–Crippen MR) is 79.8 cm³/mol. The average molecular weight is 271 g/mol. The first-order chi connectivity index (χ1) is 9.64. The molecule has 0 saturated carbocycles. The highest BCUT2D eigenvalue weighted by Crippen LogP contribution is 2.41. The summed E-state index contributed by atoms with van der Waals surface area (Å²) in [5, 5.41) is 1.31. The van der Waals surface area contributed by atoms with Crippen molar-refractivity contribution in [2.75, 3.05) is 7.11 Å². The quantitative estimate of drug-likeness (QED) is 0.668. The van der Waals surface area contributed by atoms with Crippen LogP contribution in [0.4, 0.5) is 0 Å². The molecule has 0 fully saturated rings. The fourth-order valence-electron chi connectivity index (χ4n) is 3.48. The van der Waals surface area contributed by atoms with Crippen molar-refractivity contribution in [3.05, 3.63) is 35.5 Å². The maximum absolute atomic E-state index is 11.8. The SMILES string of the molecule is COC(=O)CC1(C)CCCCc2c1[nH]c1ccccc21. The van der Waals surface area contributed by atoms with Crippen LogP contribution in [0.25, 0.3) is 10.9 Å². The van der Waals surface area contributed by atoms with Crippen molar-refractivity contribution in [2.24, 2.45) is 0 Å². The Labute approximate surface area is 119 Å². The van der Waals surface area contributed by atoms with Crippen LogP contribution in [-0.4, -0.2) is 18.1 Å². The summed E-state index contributed by atoms with van der Waals surface area (Å²) in [5.74, 6) is -0.126. The van der Waals surface area contributed by atoms with Gasteiger partial charge >= 0.3 is 5.97 Å². The molecule has 3 nitrogen and oxygen atoms in total. The van der Waals surface area contributed by atoms with Crippen molar-refractivity contribution in [3.8, 4) is 0 Å². The Hall–Kier alpha value is -1.77. The van der Waals surface area contributed by atoms with Gasteiger partial charge in [-0.05, 0) is 30.9 Å². The minimum atomic E-state index is -0.141. The number of aromatic amines is 1. The van der Waals surface area contributed by atoms with Gasteiger partial charge in [0, 0.05) is 22.0 Å². The summed E-state index contributed by atoms with van der Waals surface area (Å²) in [6.45, 7) is 2.18. The summed E-state index contributed by atoms with van der Waals surface area (Å²) < 4.78 is 4.90. The Morgan fingerprint density at radius 1 is 1.35 bits per heavy atom. The van der Waals surface area contributed by atoms with Gasteiger partial charge in [0.1, 0.15) is 0 Å². The van der Waals surface area contributed by atoms with Gasteiger partial charge in [0.25, 0.3) is 0 Å². The average Bonchev–Trinajstić information content (AvgIpc) is 2.75. The van der Waals surface area contributed by atoms with E-state index in [9.17, 15) is 4.79 Å². The number of H-pyrrole nitrogens is 1. The number of esters is 1. The summed E-state index contributed by atoms with van der Waals surface area (Å²) in [6, 6.07) is 8.42. The van der Waals surface area contributed by atoms with Crippen molar-refractivity contribution < 1.29 is 9.53 Å². The molecule has 1 N–H and O–H groups in total. The molecule has 2 aromatic rings. The van der Waals surface area contributed by atoms with Crippen molar-refractivity contribution >= 4 is 16.9 Å². The summed E-state index contributed by atoms with van der Waals surface area (Å²) in [5.41, 5.74) is 3.67. The lowest BCUT2D eigenvalue weighted by Crippen LogP contribution is -2.27. The summed E-state index contributed by atoms with van der Waals surface area (Å²) in [6.07, 6.45) is 4.91. The largest absolute Gasteiger partial charge is 0.469 e. The Bertz CT molecular complexity index is 643. The first-order valence-electron chi connectivity index (χ1n) is 7.31. The summed E-state index contributed by atoms with van der Waals surface area (Å²) in [4.78, 5) is 15.4. The summed E-state index contributed by atoms with van der Waals surface area (Å²) in [7, 11) is 1.47. The molecule has 0 bridgehead atoms. The highest BCUT2D eigenvalue weighted by Gasteiger charge is 2.35. The van der Waals surface area contributed by atoms with Gasteiger partial charge < -0.3 is 9.72 Å². The van der Waals surface area contributed by atoms with Gasteiger partial charge in [-0.3, -0.25) is 4.79 Å². The second-order valence-corrected chi connectivity index (χ2v) is 6.04. The van der Waals surface area contributed by atoms with Crippen LogP contribution in [0.2, 0.25) is 0 Å². The van der Waals surface area contributed by atoms with E-state index in [2.05, 4.69) is 36.2 Å². The smallest absolute Gasteiger partial charge is 0.306 e. The van der Waals surface area contributed by atoms with E-state index in [0.29, 0.717) is 6.42 Å². The van der Waals surface area contributed by atoms with Gasteiger partial charge in [-0.25, -0.2) is 0 Å². The topological polar surface area (TPSA) is 42.1 Å². The molecule has 0 amide bonds. The zero-order valence-electron chi connectivity index (χ0n) is 12.2. The number of hydrogen-bond acceptors (Lipinski definition) is 2. The standard InChI is InChI=1S/C17H21NO2/c1-17(11-15(19)20-2)10-6-5-8-13-12-7-3-4-9-14(12)18-16(13)17/h3-4,7,9,18H,5-6,8,10-11H2,1-2H3. The summed E-state index contributed by atoms with van der Waals surface area (Å²) >= 11 is 0. The zero-order valence-corrected chi connectivity index (χ0v) is 12.2. The monoisotopic (exact) mass is 271 g/mol. The van der Waals surface area contributed by atoms with Crippen LogP contribution in [-0.2, 0) is 21.4 Å². The number of nitrogens with one attached hydrogen (secondary N) is 1. The van der Waals surface area contributed by atoms with Gasteiger partial charge in [-0.2, -0.15) is 0 Å². The third kappa shape index (κ3) is 2.11. The molecule has 0 spiro atoms. The van der Waals surface area contributed by atoms with E-state index in [4.69, 9.17) is 4.74 Å². The molecule has 1 aromatic carbocycles. The second-order valence-electron chi connectivity index (χ2n) is 6.04. The molecule has 1 aromatic heterocycles. The minimum Gasteiger partial charge on any atom is -0.469 e. The van der Waals surface area contributed by atoms with Crippen molar-refractivity contribution in [1.29, 1.82) is 0 Å². The highest BCUT2D eigenvalue weighted by atomic mass is 16.5. The lowest BCUT2D eigenvalue weighted by atomic mass is 9.79. The van der Waals surface area contributed by atoms with Crippen molar-refractivity contribution in [2.45, 2.75) is 44.4 Å². The maximum atomic E-state index is 11.8. The molecular formula is C17H21NO2.